The number of halogens is 1. The van der Waals surface area contributed by atoms with Crippen molar-refractivity contribution in [3.05, 3.63) is 53.9 Å². The number of hydrogen-bond acceptors (Lipinski definition) is 5. The van der Waals surface area contributed by atoms with E-state index in [1.54, 1.807) is 36.5 Å². The van der Waals surface area contributed by atoms with E-state index < -0.39 is 5.82 Å². The molecular weight excluding hydrogens is 397 g/mol. The van der Waals surface area contributed by atoms with Gasteiger partial charge in [-0.15, -0.1) is 0 Å². The third kappa shape index (κ3) is 5.30. The summed E-state index contributed by atoms with van der Waals surface area (Å²) in [5.74, 6) is 1.70. The Morgan fingerprint density at radius 1 is 1.35 bits per heavy atom. The van der Waals surface area contributed by atoms with Crippen molar-refractivity contribution in [2.45, 2.75) is 27.2 Å². The second kappa shape index (κ2) is 10.4. The maximum absolute atomic E-state index is 14.7. The van der Waals surface area contributed by atoms with E-state index in [0.29, 0.717) is 22.9 Å². The highest BCUT2D eigenvalue weighted by Crippen LogP contribution is 2.27. The van der Waals surface area contributed by atoms with Crippen LogP contribution in [-0.4, -0.2) is 52.5 Å². The largest absolute Gasteiger partial charge is 0.468 e. The number of nitrogens with zero attached hydrogens (tertiary/aromatic N) is 4. The maximum atomic E-state index is 14.7. The van der Waals surface area contributed by atoms with Gasteiger partial charge >= 0.3 is 0 Å². The van der Waals surface area contributed by atoms with E-state index in [2.05, 4.69) is 42.1 Å². The van der Waals surface area contributed by atoms with Crippen LogP contribution in [0.3, 0.4) is 0 Å². The van der Waals surface area contributed by atoms with Gasteiger partial charge in [0.1, 0.15) is 17.5 Å². The molecule has 3 N–H and O–H groups in total. The van der Waals surface area contributed by atoms with Gasteiger partial charge in [0.15, 0.2) is 18.3 Å². The van der Waals surface area contributed by atoms with Crippen LogP contribution in [0.15, 0.2) is 52.3 Å². The fraction of sp³-hybridized carbons (Fsp3) is 0.318. The zero-order chi connectivity index (χ0) is 22.2. The van der Waals surface area contributed by atoms with Gasteiger partial charge in [-0.05, 0) is 38.3 Å². The number of rotatable bonds is 7. The van der Waals surface area contributed by atoms with E-state index in [9.17, 15) is 4.39 Å². The number of amidine groups is 1. The molecule has 1 aliphatic rings. The average Bonchev–Trinajstić information content (AvgIpc) is 3.38. The molecule has 0 unspecified atom stereocenters. The number of anilines is 1. The lowest BCUT2D eigenvalue weighted by Crippen LogP contribution is -2.41. The minimum Gasteiger partial charge on any atom is -0.468 e. The van der Waals surface area contributed by atoms with Gasteiger partial charge in [-0.1, -0.05) is 13.8 Å². The molecule has 4 rings (SSSR count). The van der Waals surface area contributed by atoms with Gasteiger partial charge in [-0.25, -0.2) is 14.4 Å². The van der Waals surface area contributed by atoms with E-state index in [-0.39, 0.29) is 12.5 Å². The number of aliphatic imine (C=N–C) groups is 2. The molecule has 1 fully saturated rings. The fourth-order valence-electron chi connectivity index (χ4n) is 3.06. The van der Waals surface area contributed by atoms with Gasteiger partial charge < -0.3 is 19.9 Å². The van der Waals surface area contributed by atoms with E-state index in [1.807, 2.05) is 20.8 Å². The van der Waals surface area contributed by atoms with E-state index in [1.165, 1.54) is 0 Å². The average molecular weight is 426 g/mol. The lowest BCUT2D eigenvalue weighted by molar-refractivity contribution is 0.286. The Hall–Kier alpha value is -3.62. The lowest BCUT2D eigenvalue weighted by Gasteiger charge is -2.33. The second-order valence-corrected chi connectivity index (χ2v) is 6.70. The molecule has 0 saturated carbocycles. The predicted molar refractivity (Wildman–Crippen MR) is 123 cm³/mol. The van der Waals surface area contributed by atoms with Crippen LogP contribution in [-0.2, 0) is 0 Å². The minimum atomic E-state index is -0.391. The van der Waals surface area contributed by atoms with Crippen LogP contribution in [0.2, 0.25) is 0 Å². The lowest BCUT2D eigenvalue weighted by atomic mass is 10.2. The quantitative estimate of drug-likeness (QED) is 0.385. The summed E-state index contributed by atoms with van der Waals surface area (Å²) in [6, 6.07) is 6.95. The highest BCUT2D eigenvalue weighted by atomic mass is 19.1. The monoisotopic (exact) mass is 425 g/mol. The molecule has 164 valence electrons. The van der Waals surface area contributed by atoms with Crippen molar-refractivity contribution in [2.24, 2.45) is 9.98 Å². The van der Waals surface area contributed by atoms with Crippen LogP contribution < -0.4 is 10.1 Å². The molecule has 0 radical (unpaired) electrons. The number of aromatic amines is 2. The molecule has 3 heterocycles. The van der Waals surface area contributed by atoms with Crippen molar-refractivity contribution >= 4 is 29.3 Å². The number of fused-ring (bicyclic) bond motifs is 1. The zero-order valence-electron chi connectivity index (χ0n) is 18.1. The van der Waals surface area contributed by atoms with Gasteiger partial charge in [-0.2, -0.15) is 5.10 Å². The number of aryl methyl sites for hydroxylation is 1. The molecular formula is C22H28FN7O. The Kier molecular flexibility index (Phi) is 7.42. The standard InChI is InChI=1S/C20H22FN7O.C2H6/c1-13-10-14-15(25-13)4-5-16(20(14)21)29-12-23-19(28-8-3-9-28)11-18(22-2)26-17-6-7-24-27-17;1-2/h4-7,10-11,25H,2-3,8-9,12H2,1H3,(H2,24,26,27);1-2H3/b18-11+,23-19+;. The highest BCUT2D eigenvalue weighted by Gasteiger charge is 2.18. The minimum absolute atomic E-state index is 0.0113. The first-order valence-corrected chi connectivity index (χ1v) is 10.3. The smallest absolute Gasteiger partial charge is 0.181 e. The molecule has 0 atom stereocenters. The SMILES string of the molecule is C=N/C(=C\C(=N/COc1ccc2[nH]c(C)cc2c1F)N1CCC1)Nc1ccn[nH]1.CC. The molecule has 1 aliphatic heterocycles. The predicted octanol–water partition coefficient (Wildman–Crippen LogP) is 4.46. The summed E-state index contributed by atoms with van der Waals surface area (Å²) in [5, 5.41) is 10.3. The molecule has 0 amide bonds. The number of hydrogen-bond donors (Lipinski definition) is 3. The summed E-state index contributed by atoms with van der Waals surface area (Å²) in [7, 11) is 0. The summed E-state index contributed by atoms with van der Waals surface area (Å²) in [5.41, 5.74) is 1.64. The molecule has 1 saturated heterocycles. The number of ether oxygens (including phenoxy) is 1. The highest BCUT2D eigenvalue weighted by molar-refractivity contribution is 5.94. The summed E-state index contributed by atoms with van der Waals surface area (Å²) >= 11 is 0. The normalized spacial score (nSPS) is 14.0. The van der Waals surface area contributed by atoms with Crippen molar-refractivity contribution in [3.63, 3.8) is 0 Å². The van der Waals surface area contributed by atoms with Gasteiger partial charge in [0.25, 0.3) is 0 Å². The summed E-state index contributed by atoms with van der Waals surface area (Å²) in [6.45, 7) is 11.3. The van der Waals surface area contributed by atoms with Crippen LogP contribution in [0.25, 0.3) is 10.9 Å². The third-order valence-electron chi connectivity index (χ3n) is 4.66. The van der Waals surface area contributed by atoms with Crippen LogP contribution >= 0.6 is 0 Å². The second-order valence-electron chi connectivity index (χ2n) is 6.70. The van der Waals surface area contributed by atoms with E-state index in [4.69, 9.17) is 4.74 Å². The van der Waals surface area contributed by atoms with Crippen molar-refractivity contribution < 1.29 is 9.13 Å². The van der Waals surface area contributed by atoms with Crippen molar-refractivity contribution in [1.29, 1.82) is 0 Å². The van der Waals surface area contributed by atoms with Gasteiger partial charge in [-0.3, -0.25) is 5.10 Å². The van der Waals surface area contributed by atoms with Gasteiger partial charge in [0, 0.05) is 41.8 Å². The van der Waals surface area contributed by atoms with Crippen LogP contribution in [0.1, 0.15) is 26.0 Å². The molecule has 9 heteroatoms. The topological polar surface area (TPSA) is 93.7 Å². The number of likely N-dealkylation sites (tertiary alicyclic amines) is 1. The van der Waals surface area contributed by atoms with Gasteiger partial charge in [0.2, 0.25) is 0 Å². The Balaban J connectivity index is 0.00000132. The molecule has 1 aromatic carbocycles. The van der Waals surface area contributed by atoms with Crippen molar-refractivity contribution in [3.8, 4) is 5.75 Å². The van der Waals surface area contributed by atoms with Crippen molar-refractivity contribution in [2.75, 3.05) is 25.1 Å². The number of aromatic nitrogens is 3. The zero-order valence-corrected chi connectivity index (χ0v) is 18.1. The molecule has 0 bridgehead atoms. The molecule has 31 heavy (non-hydrogen) atoms. The summed E-state index contributed by atoms with van der Waals surface area (Å²) in [6.07, 6.45) is 4.51. The van der Waals surface area contributed by atoms with Crippen LogP contribution in [0, 0.1) is 12.7 Å². The summed E-state index contributed by atoms with van der Waals surface area (Å²) in [4.78, 5) is 13.7. The van der Waals surface area contributed by atoms with Crippen LogP contribution in [0.5, 0.6) is 5.75 Å². The Labute approximate surface area is 180 Å². The van der Waals surface area contributed by atoms with Crippen molar-refractivity contribution in [1.82, 2.24) is 20.1 Å². The van der Waals surface area contributed by atoms with E-state index in [0.717, 1.165) is 30.7 Å². The number of H-pyrrole nitrogens is 2. The Morgan fingerprint density at radius 2 is 2.16 bits per heavy atom. The first-order chi connectivity index (χ1) is 15.1. The molecule has 8 nitrogen and oxygen atoms in total. The van der Waals surface area contributed by atoms with Crippen LogP contribution in [0.4, 0.5) is 10.2 Å². The number of nitrogens with one attached hydrogen (secondary N) is 3. The Morgan fingerprint density at radius 3 is 2.81 bits per heavy atom. The Bertz CT molecular complexity index is 1070. The fourth-order valence-corrected chi connectivity index (χ4v) is 3.06. The van der Waals surface area contributed by atoms with Gasteiger partial charge in [0.05, 0.1) is 6.20 Å². The first kappa shape index (κ1) is 22.1. The summed E-state index contributed by atoms with van der Waals surface area (Å²) < 4.78 is 20.3. The molecule has 0 aliphatic carbocycles. The first-order valence-electron chi connectivity index (χ1n) is 10.3. The molecule has 0 spiro atoms. The molecule has 3 aromatic rings. The number of benzene rings is 1. The third-order valence-corrected chi connectivity index (χ3v) is 4.66. The molecule has 2 aromatic heterocycles. The maximum Gasteiger partial charge on any atom is 0.181 e. The van der Waals surface area contributed by atoms with E-state index >= 15 is 0 Å².